The van der Waals surface area contributed by atoms with E-state index in [1.807, 2.05) is 13.8 Å². The second kappa shape index (κ2) is 6.64. The van der Waals surface area contributed by atoms with Gasteiger partial charge >= 0.3 is 0 Å². The van der Waals surface area contributed by atoms with Crippen molar-refractivity contribution >= 4 is 23.2 Å². The first-order valence-corrected chi connectivity index (χ1v) is 7.83. The largest absolute Gasteiger partial charge is 0.322 e. The van der Waals surface area contributed by atoms with Crippen LogP contribution < -0.4 is 5.32 Å². The van der Waals surface area contributed by atoms with Gasteiger partial charge in [0.25, 0.3) is 5.91 Å². The van der Waals surface area contributed by atoms with Gasteiger partial charge in [-0.3, -0.25) is 4.79 Å². The van der Waals surface area contributed by atoms with E-state index in [2.05, 4.69) is 10.4 Å². The topological polar surface area (TPSA) is 46.9 Å². The predicted molar refractivity (Wildman–Crippen MR) is 92.4 cm³/mol. The summed E-state index contributed by atoms with van der Waals surface area (Å²) < 4.78 is 28.5. The number of benzene rings is 2. The van der Waals surface area contributed by atoms with Gasteiger partial charge in [-0.25, -0.2) is 13.5 Å². The van der Waals surface area contributed by atoms with E-state index in [-0.39, 0.29) is 5.56 Å². The Kier molecular flexibility index (Phi) is 4.55. The summed E-state index contributed by atoms with van der Waals surface area (Å²) in [7, 11) is 0. The number of hydrogen-bond acceptors (Lipinski definition) is 2. The monoisotopic (exact) mass is 361 g/mol. The van der Waals surface area contributed by atoms with E-state index < -0.39 is 17.5 Å². The molecular weight excluding hydrogens is 348 g/mol. The molecule has 1 heterocycles. The van der Waals surface area contributed by atoms with Gasteiger partial charge in [-0.2, -0.15) is 5.10 Å². The molecule has 0 bridgehead atoms. The molecule has 0 fully saturated rings. The van der Waals surface area contributed by atoms with Crippen LogP contribution in [0.4, 0.5) is 14.5 Å². The lowest BCUT2D eigenvalue weighted by Gasteiger charge is -2.08. The fourth-order valence-electron chi connectivity index (χ4n) is 2.43. The first-order chi connectivity index (χ1) is 11.9. The van der Waals surface area contributed by atoms with Crippen LogP contribution in [-0.4, -0.2) is 15.7 Å². The van der Waals surface area contributed by atoms with Gasteiger partial charge < -0.3 is 5.32 Å². The summed E-state index contributed by atoms with van der Waals surface area (Å²) >= 11 is 6.14. The van der Waals surface area contributed by atoms with Crippen LogP contribution in [0, 0.1) is 25.5 Å². The summed E-state index contributed by atoms with van der Waals surface area (Å²) in [6.07, 6.45) is 0. The van der Waals surface area contributed by atoms with Crippen molar-refractivity contribution in [2.24, 2.45) is 0 Å². The number of hydrogen-bond donors (Lipinski definition) is 1. The Morgan fingerprint density at radius 1 is 1.12 bits per heavy atom. The first kappa shape index (κ1) is 17.1. The van der Waals surface area contributed by atoms with Crippen molar-refractivity contribution in [1.82, 2.24) is 9.78 Å². The lowest BCUT2D eigenvalue weighted by molar-refractivity contribution is 0.102. The number of nitrogens with one attached hydrogen (secondary N) is 1. The first-order valence-electron chi connectivity index (χ1n) is 7.45. The number of nitrogens with zero attached hydrogens (tertiary/aromatic N) is 2. The Bertz CT molecular complexity index is 952. The van der Waals surface area contributed by atoms with Gasteiger partial charge in [0, 0.05) is 5.69 Å². The third kappa shape index (κ3) is 3.39. The average molecular weight is 362 g/mol. The van der Waals surface area contributed by atoms with E-state index in [9.17, 15) is 13.6 Å². The molecule has 0 saturated heterocycles. The van der Waals surface area contributed by atoms with Gasteiger partial charge in [0.15, 0.2) is 0 Å². The van der Waals surface area contributed by atoms with Crippen molar-refractivity contribution in [2.75, 3.05) is 5.32 Å². The Balaban J connectivity index is 1.82. The molecule has 3 rings (SSSR count). The predicted octanol–water partition coefficient (Wildman–Crippen LogP) is 4.67. The smallest absolute Gasteiger partial charge is 0.258 e. The molecule has 0 aliphatic heterocycles. The van der Waals surface area contributed by atoms with E-state index >= 15 is 0 Å². The second-order valence-corrected chi connectivity index (χ2v) is 5.90. The normalized spacial score (nSPS) is 10.8. The number of anilines is 1. The maximum Gasteiger partial charge on any atom is 0.258 e. The van der Waals surface area contributed by atoms with E-state index in [1.54, 1.807) is 28.9 Å². The summed E-state index contributed by atoms with van der Waals surface area (Å²) in [6.45, 7) is 3.67. The molecule has 1 aromatic heterocycles. The molecule has 3 aromatic rings. The SMILES string of the molecule is Cc1nn(-c2ccc(NC(=O)c3cc(F)ccc3F)cc2)c(C)c1Cl. The third-order valence-electron chi connectivity index (χ3n) is 3.75. The highest BCUT2D eigenvalue weighted by Gasteiger charge is 2.14. The van der Waals surface area contributed by atoms with Crippen LogP contribution in [0.15, 0.2) is 42.5 Å². The zero-order chi connectivity index (χ0) is 18.1. The van der Waals surface area contributed by atoms with Gasteiger partial charge in [-0.05, 0) is 56.3 Å². The number of carbonyl (C=O) groups is 1. The molecule has 128 valence electrons. The van der Waals surface area contributed by atoms with Crippen LogP contribution in [0.25, 0.3) is 5.69 Å². The van der Waals surface area contributed by atoms with Crippen LogP contribution in [0.1, 0.15) is 21.7 Å². The molecule has 0 unspecified atom stereocenters. The molecule has 7 heteroatoms. The van der Waals surface area contributed by atoms with Crippen molar-refractivity contribution < 1.29 is 13.6 Å². The van der Waals surface area contributed by atoms with Gasteiger partial charge in [0.05, 0.1) is 27.7 Å². The number of halogens is 3. The quantitative estimate of drug-likeness (QED) is 0.736. The molecule has 4 nitrogen and oxygen atoms in total. The lowest BCUT2D eigenvalue weighted by Crippen LogP contribution is -2.14. The number of carbonyl (C=O) groups excluding carboxylic acids is 1. The summed E-state index contributed by atoms with van der Waals surface area (Å²) in [6, 6.07) is 9.52. The Hall–Kier alpha value is -2.73. The highest BCUT2D eigenvalue weighted by atomic mass is 35.5. The molecule has 25 heavy (non-hydrogen) atoms. The molecule has 0 aliphatic carbocycles. The van der Waals surface area contributed by atoms with E-state index in [1.165, 1.54) is 0 Å². The summed E-state index contributed by atoms with van der Waals surface area (Å²) in [5, 5.41) is 7.48. The molecule has 0 spiro atoms. The molecule has 2 aromatic carbocycles. The van der Waals surface area contributed by atoms with Crippen LogP contribution in [-0.2, 0) is 0 Å². The molecule has 0 radical (unpaired) electrons. The Labute approximate surface area is 148 Å². The number of aryl methyl sites for hydroxylation is 1. The molecule has 1 N–H and O–H groups in total. The van der Waals surface area contributed by atoms with E-state index in [0.29, 0.717) is 10.7 Å². The number of aromatic nitrogens is 2. The van der Waals surface area contributed by atoms with Crippen LogP contribution in [0.3, 0.4) is 0 Å². The molecule has 0 atom stereocenters. The highest BCUT2D eigenvalue weighted by Crippen LogP contribution is 2.23. The van der Waals surface area contributed by atoms with E-state index in [0.717, 1.165) is 35.3 Å². The Morgan fingerprint density at radius 3 is 2.40 bits per heavy atom. The third-order valence-corrected chi connectivity index (χ3v) is 4.29. The molecular formula is C18H14ClF2N3O. The average Bonchev–Trinajstić information content (AvgIpc) is 2.85. The zero-order valence-electron chi connectivity index (χ0n) is 13.5. The maximum atomic E-state index is 13.6. The van der Waals surface area contributed by atoms with Crippen molar-refractivity contribution in [1.29, 1.82) is 0 Å². The maximum absolute atomic E-state index is 13.6. The van der Waals surface area contributed by atoms with E-state index in [4.69, 9.17) is 11.6 Å². The van der Waals surface area contributed by atoms with Crippen molar-refractivity contribution in [3.8, 4) is 5.69 Å². The van der Waals surface area contributed by atoms with Crippen molar-refractivity contribution in [3.63, 3.8) is 0 Å². The van der Waals surface area contributed by atoms with Crippen LogP contribution in [0.2, 0.25) is 5.02 Å². The lowest BCUT2D eigenvalue weighted by atomic mass is 10.2. The summed E-state index contributed by atoms with van der Waals surface area (Å²) in [4.78, 5) is 12.1. The molecule has 0 aliphatic rings. The van der Waals surface area contributed by atoms with Crippen LogP contribution >= 0.6 is 11.6 Å². The van der Waals surface area contributed by atoms with Crippen molar-refractivity contribution in [3.05, 3.63) is 76.1 Å². The fraction of sp³-hybridized carbons (Fsp3) is 0.111. The number of amides is 1. The van der Waals surface area contributed by atoms with Gasteiger partial charge in [-0.15, -0.1) is 0 Å². The molecule has 0 saturated carbocycles. The van der Waals surface area contributed by atoms with Crippen molar-refractivity contribution in [2.45, 2.75) is 13.8 Å². The molecule has 1 amide bonds. The minimum atomic E-state index is -0.784. The van der Waals surface area contributed by atoms with Gasteiger partial charge in [0.1, 0.15) is 11.6 Å². The van der Waals surface area contributed by atoms with Crippen LogP contribution in [0.5, 0.6) is 0 Å². The van der Waals surface area contributed by atoms with Gasteiger partial charge in [0.2, 0.25) is 0 Å². The summed E-state index contributed by atoms with van der Waals surface area (Å²) in [5.41, 5.74) is 2.39. The van der Waals surface area contributed by atoms with Gasteiger partial charge in [-0.1, -0.05) is 11.6 Å². The second-order valence-electron chi connectivity index (χ2n) is 5.52. The Morgan fingerprint density at radius 2 is 1.80 bits per heavy atom. The standard InChI is InChI=1S/C18H14ClF2N3O/c1-10-17(19)11(2)24(23-10)14-6-4-13(5-7-14)22-18(25)15-9-12(20)3-8-16(15)21/h3-9H,1-2H3,(H,22,25). The number of rotatable bonds is 3. The fourth-order valence-corrected chi connectivity index (χ4v) is 2.55. The minimum Gasteiger partial charge on any atom is -0.322 e. The summed E-state index contributed by atoms with van der Waals surface area (Å²) in [5.74, 6) is -2.19. The zero-order valence-corrected chi connectivity index (χ0v) is 14.2. The minimum absolute atomic E-state index is 0.352. The highest BCUT2D eigenvalue weighted by molar-refractivity contribution is 6.31.